The third-order valence-electron chi connectivity index (χ3n) is 2.49. The molecule has 0 aliphatic rings. The monoisotopic (exact) mass is 269 g/mol. The Morgan fingerprint density at radius 3 is 2.63 bits per heavy atom. The van der Waals surface area contributed by atoms with Gasteiger partial charge in [0.2, 0.25) is 6.10 Å². The molecular formula is C12H15NO6. The predicted octanol–water partition coefficient (Wildman–Crippen LogP) is 1.59. The van der Waals surface area contributed by atoms with Crippen LogP contribution in [0.3, 0.4) is 0 Å². The first kappa shape index (κ1) is 14.9. The number of rotatable bonds is 7. The van der Waals surface area contributed by atoms with Gasteiger partial charge in [0.25, 0.3) is 0 Å². The number of nitro benzene ring substituents is 1. The lowest BCUT2D eigenvalue weighted by atomic mass is 10.1. The number of ether oxygens (including phenoxy) is 1. The Hall–Kier alpha value is -2.15. The maximum Gasteiger partial charge on any atom is 0.347 e. The molecular weight excluding hydrogens is 254 g/mol. The topological polar surface area (TPSA) is 110 Å². The largest absolute Gasteiger partial charge is 0.478 e. The first-order valence-electron chi connectivity index (χ1n) is 5.78. The fourth-order valence-corrected chi connectivity index (χ4v) is 1.59. The molecule has 0 radical (unpaired) electrons. The van der Waals surface area contributed by atoms with Gasteiger partial charge in [0.05, 0.1) is 4.92 Å². The highest BCUT2D eigenvalue weighted by atomic mass is 16.6. The van der Waals surface area contributed by atoms with Gasteiger partial charge in [0.1, 0.15) is 6.10 Å². The van der Waals surface area contributed by atoms with Crippen molar-refractivity contribution in [3.05, 3.63) is 34.4 Å². The summed E-state index contributed by atoms with van der Waals surface area (Å²) in [7, 11) is 0. The van der Waals surface area contributed by atoms with E-state index in [2.05, 4.69) is 0 Å². The number of hydrogen-bond donors (Lipinski definition) is 2. The molecule has 19 heavy (non-hydrogen) atoms. The summed E-state index contributed by atoms with van der Waals surface area (Å²) in [6, 6.07) is 5.45. The zero-order chi connectivity index (χ0) is 14.4. The van der Waals surface area contributed by atoms with Crippen molar-refractivity contribution >= 4 is 11.7 Å². The molecule has 0 aliphatic carbocycles. The van der Waals surface area contributed by atoms with Crippen LogP contribution in [-0.4, -0.2) is 33.3 Å². The Bertz CT molecular complexity index is 461. The van der Waals surface area contributed by atoms with Crippen molar-refractivity contribution in [2.45, 2.75) is 32.0 Å². The average molecular weight is 269 g/mol. The predicted molar refractivity (Wildman–Crippen MR) is 66.1 cm³/mol. The van der Waals surface area contributed by atoms with Crippen molar-refractivity contribution in [3.8, 4) is 5.75 Å². The van der Waals surface area contributed by atoms with Crippen molar-refractivity contribution in [1.29, 1.82) is 0 Å². The summed E-state index contributed by atoms with van der Waals surface area (Å²) >= 11 is 0. The Labute approximate surface area is 109 Å². The number of aliphatic hydroxyl groups is 1. The van der Waals surface area contributed by atoms with Crippen LogP contribution >= 0.6 is 0 Å². The summed E-state index contributed by atoms with van der Waals surface area (Å²) in [5, 5.41) is 29.5. The molecule has 1 aromatic rings. The summed E-state index contributed by atoms with van der Waals surface area (Å²) in [6.45, 7) is 1.78. The number of nitrogens with zero attached hydrogens (tertiary/aromatic N) is 1. The van der Waals surface area contributed by atoms with E-state index in [1.807, 2.05) is 0 Å². The Morgan fingerprint density at radius 2 is 2.11 bits per heavy atom. The summed E-state index contributed by atoms with van der Waals surface area (Å²) in [6.07, 6.45) is -1.94. The van der Waals surface area contributed by atoms with E-state index in [-0.39, 0.29) is 17.9 Å². The van der Waals surface area contributed by atoms with Crippen molar-refractivity contribution in [2.75, 3.05) is 0 Å². The van der Waals surface area contributed by atoms with Crippen LogP contribution in [0.1, 0.15) is 19.8 Å². The summed E-state index contributed by atoms with van der Waals surface area (Å²) in [4.78, 5) is 21.2. The van der Waals surface area contributed by atoms with Gasteiger partial charge < -0.3 is 14.9 Å². The van der Waals surface area contributed by atoms with E-state index in [9.17, 15) is 20.0 Å². The lowest BCUT2D eigenvalue weighted by Gasteiger charge is -2.19. The fourth-order valence-electron chi connectivity index (χ4n) is 1.59. The molecule has 2 atom stereocenters. The van der Waals surface area contributed by atoms with Gasteiger partial charge in [0.15, 0.2) is 5.75 Å². The van der Waals surface area contributed by atoms with Crippen LogP contribution in [0.4, 0.5) is 5.69 Å². The Kier molecular flexibility index (Phi) is 5.25. The molecule has 0 amide bonds. The van der Waals surface area contributed by atoms with Crippen LogP contribution in [0.2, 0.25) is 0 Å². The van der Waals surface area contributed by atoms with Crippen LogP contribution in [-0.2, 0) is 4.79 Å². The summed E-state index contributed by atoms with van der Waals surface area (Å²) in [5.41, 5.74) is -0.336. The molecule has 7 nitrogen and oxygen atoms in total. The minimum atomic E-state index is -1.53. The van der Waals surface area contributed by atoms with E-state index >= 15 is 0 Å². The number of benzene rings is 1. The maximum atomic E-state index is 11.0. The number of para-hydroxylation sites is 2. The highest BCUT2D eigenvalue weighted by Gasteiger charge is 2.30. The molecule has 1 rings (SSSR count). The van der Waals surface area contributed by atoms with Crippen LogP contribution in [0.15, 0.2) is 24.3 Å². The van der Waals surface area contributed by atoms with Crippen LogP contribution < -0.4 is 4.74 Å². The molecule has 1 unspecified atom stereocenters. The molecule has 2 N–H and O–H groups in total. The quantitative estimate of drug-likeness (QED) is 0.574. The number of carboxylic acids is 1. The molecule has 0 saturated heterocycles. The van der Waals surface area contributed by atoms with Crippen LogP contribution in [0.25, 0.3) is 0 Å². The Morgan fingerprint density at radius 1 is 1.47 bits per heavy atom. The van der Waals surface area contributed by atoms with E-state index in [0.29, 0.717) is 6.42 Å². The number of hydrogen-bond acceptors (Lipinski definition) is 5. The molecule has 104 valence electrons. The molecule has 0 heterocycles. The minimum Gasteiger partial charge on any atom is -0.478 e. The number of carboxylic acid groups (broad SMARTS) is 1. The minimum absolute atomic E-state index is 0.171. The zero-order valence-corrected chi connectivity index (χ0v) is 10.4. The smallest absolute Gasteiger partial charge is 0.347 e. The van der Waals surface area contributed by atoms with Crippen molar-refractivity contribution in [1.82, 2.24) is 0 Å². The third-order valence-corrected chi connectivity index (χ3v) is 2.49. The van der Waals surface area contributed by atoms with Crippen molar-refractivity contribution < 1.29 is 24.7 Å². The molecule has 0 bridgehead atoms. The first-order chi connectivity index (χ1) is 8.97. The molecule has 0 saturated carbocycles. The second kappa shape index (κ2) is 6.69. The van der Waals surface area contributed by atoms with E-state index in [1.54, 1.807) is 6.92 Å². The highest BCUT2D eigenvalue weighted by molar-refractivity contribution is 5.73. The summed E-state index contributed by atoms with van der Waals surface area (Å²) in [5.74, 6) is -1.53. The average Bonchev–Trinajstić information content (AvgIpc) is 2.36. The normalized spacial score (nSPS) is 13.6. The summed E-state index contributed by atoms with van der Waals surface area (Å²) < 4.78 is 5.09. The van der Waals surface area contributed by atoms with E-state index in [0.717, 1.165) is 0 Å². The SMILES string of the molecule is CCCC(O)[C@@H](Oc1ccccc1[N+](=O)[O-])C(=O)O. The van der Waals surface area contributed by atoms with Gasteiger partial charge in [-0.15, -0.1) is 0 Å². The number of aliphatic hydroxyl groups excluding tert-OH is 1. The van der Waals surface area contributed by atoms with Crippen LogP contribution in [0, 0.1) is 10.1 Å². The highest BCUT2D eigenvalue weighted by Crippen LogP contribution is 2.27. The van der Waals surface area contributed by atoms with Gasteiger partial charge in [-0.1, -0.05) is 25.5 Å². The van der Waals surface area contributed by atoms with Crippen molar-refractivity contribution in [2.24, 2.45) is 0 Å². The van der Waals surface area contributed by atoms with Gasteiger partial charge >= 0.3 is 11.7 Å². The Balaban J connectivity index is 2.97. The van der Waals surface area contributed by atoms with Gasteiger partial charge in [-0.05, 0) is 12.5 Å². The zero-order valence-electron chi connectivity index (χ0n) is 10.4. The second-order valence-electron chi connectivity index (χ2n) is 3.96. The fraction of sp³-hybridized carbons (Fsp3) is 0.417. The lowest BCUT2D eigenvalue weighted by molar-refractivity contribution is -0.386. The third kappa shape index (κ3) is 3.92. The molecule has 0 fully saturated rings. The molecule has 0 spiro atoms. The lowest BCUT2D eigenvalue weighted by Crippen LogP contribution is -2.39. The van der Waals surface area contributed by atoms with Gasteiger partial charge in [-0.25, -0.2) is 4.79 Å². The number of aliphatic carboxylic acids is 1. The van der Waals surface area contributed by atoms with E-state index in [1.165, 1.54) is 24.3 Å². The number of carbonyl (C=O) groups is 1. The van der Waals surface area contributed by atoms with Gasteiger partial charge in [-0.3, -0.25) is 10.1 Å². The molecule has 0 aromatic heterocycles. The van der Waals surface area contributed by atoms with Crippen molar-refractivity contribution in [3.63, 3.8) is 0 Å². The van der Waals surface area contributed by atoms with Crippen LogP contribution in [0.5, 0.6) is 5.75 Å². The maximum absolute atomic E-state index is 11.0. The molecule has 1 aromatic carbocycles. The van der Waals surface area contributed by atoms with E-state index in [4.69, 9.17) is 9.84 Å². The van der Waals surface area contributed by atoms with E-state index < -0.39 is 23.1 Å². The van der Waals surface area contributed by atoms with Gasteiger partial charge in [0, 0.05) is 6.07 Å². The molecule has 0 aliphatic heterocycles. The second-order valence-corrected chi connectivity index (χ2v) is 3.96. The standard InChI is InChI=1S/C12H15NO6/c1-2-5-9(14)11(12(15)16)19-10-7-4-3-6-8(10)13(17)18/h3-4,6-7,9,11,14H,2,5H2,1H3,(H,15,16)/t9?,11-/m1/s1. The first-order valence-corrected chi connectivity index (χ1v) is 5.78. The number of nitro groups is 1. The van der Waals surface area contributed by atoms with Gasteiger partial charge in [-0.2, -0.15) is 0 Å². The molecule has 7 heteroatoms.